The Labute approximate surface area is 235 Å². The summed E-state index contributed by atoms with van der Waals surface area (Å²) >= 11 is 0. The van der Waals surface area contributed by atoms with Crippen LogP contribution in [0.2, 0.25) is 0 Å². The monoisotopic (exact) mass is 516 g/mol. The standard InChI is InChI=1S/C36H69N/c1-4-7-10-13-16-19-22-25-28-31-34-37(35-32-29-26-23-20-17-14-11-8-5-2)36-33-30-27-24-21-18-15-12-9-6-3/h31-36H,4-30H2,1-3H3/b34-31+,35-32+,36-33+. The summed E-state index contributed by atoms with van der Waals surface area (Å²) in [7, 11) is 0. The van der Waals surface area contributed by atoms with Crippen LogP contribution in [-0.4, -0.2) is 4.90 Å². The smallest absolute Gasteiger partial charge is 0.00417 e. The minimum absolute atomic E-state index is 1.21. The molecule has 0 aliphatic heterocycles. The third kappa shape index (κ3) is 31.1. The zero-order valence-electron chi connectivity index (χ0n) is 26.0. The molecule has 0 aromatic heterocycles. The van der Waals surface area contributed by atoms with E-state index in [0.29, 0.717) is 0 Å². The first kappa shape index (κ1) is 36.0. The Bertz CT molecular complexity index is 418. The minimum atomic E-state index is 1.21. The van der Waals surface area contributed by atoms with Gasteiger partial charge >= 0.3 is 0 Å². The van der Waals surface area contributed by atoms with Crippen molar-refractivity contribution in [3.05, 3.63) is 36.8 Å². The molecule has 218 valence electrons. The second-order valence-corrected chi connectivity index (χ2v) is 11.4. The van der Waals surface area contributed by atoms with E-state index in [1.807, 2.05) is 0 Å². The summed E-state index contributed by atoms with van der Waals surface area (Å²) in [6.07, 6.45) is 51.3. The Kier molecular flexibility index (Phi) is 32.2. The van der Waals surface area contributed by atoms with Gasteiger partial charge in [-0.05, 0) is 38.5 Å². The molecule has 0 rings (SSSR count). The molecule has 37 heavy (non-hydrogen) atoms. The van der Waals surface area contributed by atoms with Crippen LogP contribution in [0.3, 0.4) is 0 Å². The van der Waals surface area contributed by atoms with Gasteiger partial charge in [0.25, 0.3) is 0 Å². The molecule has 0 amide bonds. The van der Waals surface area contributed by atoms with Gasteiger partial charge in [0.2, 0.25) is 0 Å². The van der Waals surface area contributed by atoms with Crippen LogP contribution in [0.25, 0.3) is 0 Å². The van der Waals surface area contributed by atoms with Gasteiger partial charge in [0.15, 0.2) is 0 Å². The molecule has 0 saturated heterocycles. The second kappa shape index (κ2) is 33.0. The molecule has 0 unspecified atom stereocenters. The molecule has 0 aliphatic carbocycles. The van der Waals surface area contributed by atoms with E-state index in [-0.39, 0.29) is 0 Å². The van der Waals surface area contributed by atoms with Gasteiger partial charge in [0, 0.05) is 18.6 Å². The molecular formula is C36H69N. The third-order valence-electron chi connectivity index (χ3n) is 7.51. The van der Waals surface area contributed by atoms with Crippen molar-refractivity contribution in [3.63, 3.8) is 0 Å². The SMILES string of the molecule is CCCCCCCCCC/C=C/N(/C=C/CCCCCCCCCC)/C=C/CCCCCCCCCC. The second-order valence-electron chi connectivity index (χ2n) is 11.4. The fraction of sp³-hybridized carbons (Fsp3) is 0.833. The predicted molar refractivity (Wildman–Crippen MR) is 171 cm³/mol. The Balaban J connectivity index is 4.16. The molecule has 0 heterocycles. The highest BCUT2D eigenvalue weighted by Crippen LogP contribution is 2.13. The lowest BCUT2D eigenvalue weighted by Gasteiger charge is -2.10. The predicted octanol–water partition coefficient (Wildman–Crippen LogP) is 13.4. The van der Waals surface area contributed by atoms with E-state index in [9.17, 15) is 0 Å². The van der Waals surface area contributed by atoms with Crippen molar-refractivity contribution in [1.82, 2.24) is 4.90 Å². The lowest BCUT2D eigenvalue weighted by molar-refractivity contribution is 0.573. The zero-order valence-corrected chi connectivity index (χ0v) is 26.0. The lowest BCUT2D eigenvalue weighted by Crippen LogP contribution is -1.99. The molecule has 0 saturated carbocycles. The number of hydrogen-bond acceptors (Lipinski definition) is 1. The highest BCUT2D eigenvalue weighted by molar-refractivity contribution is 4.99. The van der Waals surface area contributed by atoms with Crippen molar-refractivity contribution in [2.24, 2.45) is 0 Å². The quantitative estimate of drug-likeness (QED) is 0.0859. The van der Waals surface area contributed by atoms with Crippen LogP contribution >= 0.6 is 0 Å². The van der Waals surface area contributed by atoms with Gasteiger partial charge in [0.05, 0.1) is 0 Å². The van der Waals surface area contributed by atoms with Crippen LogP contribution in [0, 0.1) is 0 Å². The fourth-order valence-corrected chi connectivity index (χ4v) is 4.93. The van der Waals surface area contributed by atoms with Crippen molar-refractivity contribution in [1.29, 1.82) is 0 Å². The average Bonchev–Trinajstić information content (AvgIpc) is 2.91. The molecule has 1 nitrogen and oxygen atoms in total. The normalized spacial score (nSPS) is 12.1. The molecule has 1 heteroatoms. The molecule has 0 spiro atoms. The summed E-state index contributed by atoms with van der Waals surface area (Å²) in [5.74, 6) is 0. The molecule has 0 aromatic rings. The van der Waals surface area contributed by atoms with Crippen molar-refractivity contribution < 1.29 is 0 Å². The number of allylic oxidation sites excluding steroid dienone is 3. The van der Waals surface area contributed by atoms with Gasteiger partial charge in [-0.3, -0.25) is 0 Å². The van der Waals surface area contributed by atoms with E-state index in [1.165, 1.54) is 173 Å². The Morgan fingerprint density at radius 2 is 0.514 bits per heavy atom. The molecule has 0 aliphatic rings. The third-order valence-corrected chi connectivity index (χ3v) is 7.51. The maximum atomic E-state index is 2.39. The summed E-state index contributed by atoms with van der Waals surface area (Å²) in [4.78, 5) is 2.31. The summed E-state index contributed by atoms with van der Waals surface area (Å²) < 4.78 is 0. The number of rotatable bonds is 30. The molecule has 0 bridgehead atoms. The lowest BCUT2D eigenvalue weighted by atomic mass is 10.1. The molecule has 0 N–H and O–H groups in total. The van der Waals surface area contributed by atoms with Gasteiger partial charge in [-0.25, -0.2) is 0 Å². The van der Waals surface area contributed by atoms with E-state index < -0.39 is 0 Å². The van der Waals surface area contributed by atoms with Crippen molar-refractivity contribution in [2.45, 2.75) is 194 Å². The summed E-state index contributed by atoms with van der Waals surface area (Å²) in [6, 6.07) is 0. The maximum absolute atomic E-state index is 2.39. The van der Waals surface area contributed by atoms with Crippen molar-refractivity contribution in [3.8, 4) is 0 Å². The van der Waals surface area contributed by atoms with Crippen LogP contribution < -0.4 is 0 Å². The largest absolute Gasteiger partial charge is 0.332 e. The van der Waals surface area contributed by atoms with Crippen molar-refractivity contribution >= 4 is 0 Å². The average molecular weight is 516 g/mol. The van der Waals surface area contributed by atoms with E-state index in [4.69, 9.17) is 0 Å². The van der Waals surface area contributed by atoms with Gasteiger partial charge in [0.1, 0.15) is 0 Å². The van der Waals surface area contributed by atoms with Crippen LogP contribution in [0.15, 0.2) is 36.8 Å². The molecular weight excluding hydrogens is 446 g/mol. The first-order valence-corrected chi connectivity index (χ1v) is 17.1. The zero-order chi connectivity index (χ0) is 26.9. The summed E-state index contributed by atoms with van der Waals surface area (Å²) in [5, 5.41) is 0. The van der Waals surface area contributed by atoms with E-state index in [2.05, 4.69) is 62.5 Å². The van der Waals surface area contributed by atoms with Gasteiger partial charge in [-0.15, -0.1) is 0 Å². The first-order valence-electron chi connectivity index (χ1n) is 17.1. The Morgan fingerprint density at radius 3 is 0.757 bits per heavy atom. The van der Waals surface area contributed by atoms with Crippen LogP contribution in [-0.2, 0) is 0 Å². The number of unbranched alkanes of at least 4 members (excludes halogenated alkanes) is 24. The molecule has 0 atom stereocenters. The summed E-state index contributed by atoms with van der Waals surface area (Å²) in [5.41, 5.74) is 0. The number of hydrogen-bond donors (Lipinski definition) is 0. The Morgan fingerprint density at radius 1 is 0.297 bits per heavy atom. The minimum Gasteiger partial charge on any atom is -0.332 e. The highest BCUT2D eigenvalue weighted by Gasteiger charge is 1.94. The van der Waals surface area contributed by atoms with E-state index in [1.54, 1.807) is 0 Å². The van der Waals surface area contributed by atoms with E-state index in [0.717, 1.165) is 0 Å². The maximum Gasteiger partial charge on any atom is 0.00417 e. The highest BCUT2D eigenvalue weighted by atomic mass is 15.1. The fourth-order valence-electron chi connectivity index (χ4n) is 4.93. The van der Waals surface area contributed by atoms with Crippen LogP contribution in [0.1, 0.15) is 194 Å². The molecule has 0 fully saturated rings. The van der Waals surface area contributed by atoms with Crippen molar-refractivity contribution in [2.75, 3.05) is 0 Å². The van der Waals surface area contributed by atoms with Gasteiger partial charge in [-0.1, -0.05) is 174 Å². The molecule has 0 radical (unpaired) electrons. The first-order chi connectivity index (χ1) is 18.3. The Hall–Kier alpha value is -0.980. The number of nitrogens with zero attached hydrogens (tertiary/aromatic N) is 1. The van der Waals surface area contributed by atoms with E-state index >= 15 is 0 Å². The van der Waals surface area contributed by atoms with Gasteiger partial charge in [-0.2, -0.15) is 0 Å². The molecule has 0 aromatic carbocycles. The van der Waals surface area contributed by atoms with Crippen LogP contribution in [0.5, 0.6) is 0 Å². The summed E-state index contributed by atoms with van der Waals surface area (Å²) in [6.45, 7) is 6.90. The van der Waals surface area contributed by atoms with Gasteiger partial charge < -0.3 is 4.90 Å². The van der Waals surface area contributed by atoms with Crippen LogP contribution in [0.4, 0.5) is 0 Å². The topological polar surface area (TPSA) is 3.24 Å².